The second-order valence-corrected chi connectivity index (χ2v) is 6.43. The van der Waals surface area contributed by atoms with E-state index < -0.39 is 10.0 Å². The van der Waals surface area contributed by atoms with Crippen LogP contribution in [-0.4, -0.2) is 8.42 Å². The predicted octanol–water partition coefficient (Wildman–Crippen LogP) is 2.27. The van der Waals surface area contributed by atoms with Crippen molar-refractivity contribution in [2.75, 3.05) is 5.73 Å². The molecule has 0 bridgehead atoms. The first-order valence-corrected chi connectivity index (χ1v) is 7.83. The van der Waals surface area contributed by atoms with Crippen LogP contribution in [0.4, 0.5) is 5.69 Å². The maximum absolute atomic E-state index is 12.3. The van der Waals surface area contributed by atoms with Gasteiger partial charge >= 0.3 is 0 Å². The molecule has 0 saturated heterocycles. The lowest BCUT2D eigenvalue weighted by molar-refractivity contribution is 0.581. The molecule has 3 N–H and O–H groups in total. The molecule has 0 amide bonds. The van der Waals surface area contributed by atoms with Crippen molar-refractivity contribution in [2.24, 2.45) is 0 Å². The van der Waals surface area contributed by atoms with E-state index in [1.807, 2.05) is 6.07 Å². The number of hydrogen-bond donors (Lipinski definition) is 2. The number of benzene rings is 2. The summed E-state index contributed by atoms with van der Waals surface area (Å²) < 4.78 is 26.9. The summed E-state index contributed by atoms with van der Waals surface area (Å²) in [5.74, 6) is 0. The van der Waals surface area contributed by atoms with Gasteiger partial charge in [0.2, 0.25) is 10.0 Å². The van der Waals surface area contributed by atoms with E-state index in [-0.39, 0.29) is 17.0 Å². The smallest absolute Gasteiger partial charge is 0.242 e. The molecule has 0 aliphatic heterocycles. The molecular weight excluding hydrogens is 310 g/mol. The summed E-state index contributed by atoms with van der Waals surface area (Å²) in [6.07, 6.45) is 0. The first-order chi connectivity index (χ1) is 9.94. The van der Waals surface area contributed by atoms with Crippen molar-refractivity contribution in [3.05, 3.63) is 58.6 Å². The predicted molar refractivity (Wildman–Crippen MR) is 81.0 cm³/mol. The van der Waals surface area contributed by atoms with Gasteiger partial charge in [-0.2, -0.15) is 5.26 Å². The lowest BCUT2D eigenvalue weighted by Crippen LogP contribution is -2.24. The Kier molecular flexibility index (Phi) is 4.48. The SMILES string of the molecule is N#Cc1cc(N)ccc1S(=O)(=O)NCc1ccccc1Cl. The van der Waals surface area contributed by atoms with Gasteiger partial charge in [0, 0.05) is 17.3 Å². The topological polar surface area (TPSA) is 96.0 Å². The minimum Gasteiger partial charge on any atom is -0.399 e. The molecule has 2 aromatic rings. The summed E-state index contributed by atoms with van der Waals surface area (Å²) in [6.45, 7) is 0.0389. The van der Waals surface area contributed by atoms with Crippen LogP contribution in [0, 0.1) is 11.3 Å². The van der Waals surface area contributed by atoms with Gasteiger partial charge in [0.15, 0.2) is 0 Å². The van der Waals surface area contributed by atoms with Crippen LogP contribution in [-0.2, 0) is 16.6 Å². The standard InChI is InChI=1S/C14H12ClN3O2S/c15-13-4-2-1-3-10(13)9-18-21(19,20)14-6-5-12(17)7-11(14)8-16/h1-7,18H,9,17H2. The fourth-order valence-corrected chi connectivity index (χ4v) is 3.11. The number of rotatable bonds is 4. The molecule has 0 aliphatic rings. The van der Waals surface area contributed by atoms with E-state index in [0.29, 0.717) is 16.3 Å². The van der Waals surface area contributed by atoms with Crippen molar-refractivity contribution < 1.29 is 8.42 Å². The summed E-state index contributed by atoms with van der Waals surface area (Å²) in [6, 6.07) is 12.8. The van der Waals surface area contributed by atoms with Crippen molar-refractivity contribution >= 4 is 27.3 Å². The zero-order valence-electron chi connectivity index (χ0n) is 10.9. The van der Waals surface area contributed by atoms with Gasteiger partial charge in [0.05, 0.1) is 10.5 Å². The maximum Gasteiger partial charge on any atom is 0.242 e. The summed E-state index contributed by atoms with van der Waals surface area (Å²) in [4.78, 5) is -0.105. The number of nitrogens with two attached hydrogens (primary N) is 1. The Morgan fingerprint density at radius 3 is 2.62 bits per heavy atom. The maximum atomic E-state index is 12.3. The molecule has 5 nitrogen and oxygen atoms in total. The van der Waals surface area contributed by atoms with Gasteiger partial charge in [-0.25, -0.2) is 13.1 Å². The van der Waals surface area contributed by atoms with Crippen LogP contribution in [0.15, 0.2) is 47.4 Å². The second kappa shape index (κ2) is 6.14. The number of halogens is 1. The van der Waals surface area contributed by atoms with Gasteiger partial charge in [-0.3, -0.25) is 0 Å². The first kappa shape index (κ1) is 15.3. The third-order valence-electron chi connectivity index (χ3n) is 2.82. The molecule has 0 spiro atoms. The molecule has 0 saturated carbocycles. The van der Waals surface area contributed by atoms with Gasteiger partial charge in [0.1, 0.15) is 6.07 Å². The number of nitrogens with zero attached hydrogens (tertiary/aromatic N) is 1. The number of nitriles is 1. The summed E-state index contributed by atoms with van der Waals surface area (Å²) in [7, 11) is -3.82. The molecule has 0 aromatic heterocycles. The van der Waals surface area contributed by atoms with E-state index in [1.165, 1.54) is 18.2 Å². The molecule has 108 valence electrons. The van der Waals surface area contributed by atoms with Crippen molar-refractivity contribution in [1.82, 2.24) is 4.72 Å². The van der Waals surface area contributed by atoms with E-state index in [0.717, 1.165) is 0 Å². The quantitative estimate of drug-likeness (QED) is 0.844. The minimum atomic E-state index is -3.82. The summed E-state index contributed by atoms with van der Waals surface area (Å²) in [5, 5.41) is 9.49. The minimum absolute atomic E-state index is 0.00154. The Hall–Kier alpha value is -2.07. The highest BCUT2D eigenvalue weighted by molar-refractivity contribution is 7.89. The second-order valence-electron chi connectivity index (χ2n) is 4.28. The fraction of sp³-hybridized carbons (Fsp3) is 0.0714. The number of nitrogens with one attached hydrogen (secondary N) is 1. The lowest BCUT2D eigenvalue weighted by Gasteiger charge is -2.09. The largest absolute Gasteiger partial charge is 0.399 e. The van der Waals surface area contributed by atoms with E-state index in [9.17, 15) is 8.42 Å². The Balaban J connectivity index is 2.28. The van der Waals surface area contributed by atoms with Crippen LogP contribution in [0.2, 0.25) is 5.02 Å². The van der Waals surface area contributed by atoms with E-state index in [2.05, 4.69) is 4.72 Å². The van der Waals surface area contributed by atoms with Crippen molar-refractivity contribution in [2.45, 2.75) is 11.4 Å². The van der Waals surface area contributed by atoms with E-state index >= 15 is 0 Å². The zero-order chi connectivity index (χ0) is 15.5. The first-order valence-electron chi connectivity index (χ1n) is 5.97. The van der Waals surface area contributed by atoms with Crippen LogP contribution < -0.4 is 10.5 Å². The number of anilines is 1. The molecule has 0 atom stereocenters. The average molecular weight is 322 g/mol. The highest BCUT2D eigenvalue weighted by atomic mass is 35.5. The van der Waals surface area contributed by atoms with Crippen molar-refractivity contribution in [3.8, 4) is 6.07 Å². The molecule has 0 aliphatic carbocycles. The Labute approximate surface area is 128 Å². The molecule has 0 unspecified atom stereocenters. The number of nitrogen functional groups attached to an aromatic ring is 1. The molecule has 21 heavy (non-hydrogen) atoms. The summed E-state index contributed by atoms with van der Waals surface area (Å²) in [5.41, 5.74) is 6.53. The molecule has 0 fully saturated rings. The van der Waals surface area contributed by atoms with Crippen LogP contribution in [0.1, 0.15) is 11.1 Å². The third kappa shape index (κ3) is 3.52. The molecule has 7 heteroatoms. The Morgan fingerprint density at radius 2 is 1.95 bits per heavy atom. The fourth-order valence-electron chi connectivity index (χ4n) is 1.76. The molecule has 0 heterocycles. The lowest BCUT2D eigenvalue weighted by atomic mass is 10.2. The highest BCUT2D eigenvalue weighted by Crippen LogP contribution is 2.19. The molecule has 2 aromatic carbocycles. The van der Waals surface area contributed by atoms with Crippen molar-refractivity contribution in [3.63, 3.8) is 0 Å². The Bertz CT molecular complexity index is 813. The van der Waals surface area contributed by atoms with Crippen LogP contribution >= 0.6 is 11.6 Å². The zero-order valence-corrected chi connectivity index (χ0v) is 12.4. The third-order valence-corrected chi connectivity index (χ3v) is 4.65. The monoisotopic (exact) mass is 321 g/mol. The van der Waals surface area contributed by atoms with E-state index in [1.54, 1.807) is 24.3 Å². The average Bonchev–Trinajstić information content (AvgIpc) is 2.46. The Morgan fingerprint density at radius 1 is 1.24 bits per heavy atom. The molecular formula is C14H12ClN3O2S. The number of sulfonamides is 1. The van der Waals surface area contributed by atoms with Gasteiger partial charge < -0.3 is 5.73 Å². The molecule has 0 radical (unpaired) electrons. The molecule has 2 rings (SSSR count). The van der Waals surface area contributed by atoms with Crippen LogP contribution in [0.5, 0.6) is 0 Å². The van der Waals surface area contributed by atoms with Gasteiger partial charge in [0.25, 0.3) is 0 Å². The van der Waals surface area contributed by atoms with Crippen LogP contribution in [0.3, 0.4) is 0 Å². The normalized spacial score (nSPS) is 11.0. The van der Waals surface area contributed by atoms with Gasteiger partial charge in [-0.15, -0.1) is 0 Å². The highest BCUT2D eigenvalue weighted by Gasteiger charge is 2.18. The number of hydrogen-bond acceptors (Lipinski definition) is 4. The van der Waals surface area contributed by atoms with Crippen molar-refractivity contribution in [1.29, 1.82) is 5.26 Å². The van der Waals surface area contributed by atoms with E-state index in [4.69, 9.17) is 22.6 Å². The van der Waals surface area contributed by atoms with Gasteiger partial charge in [-0.1, -0.05) is 29.8 Å². The van der Waals surface area contributed by atoms with Gasteiger partial charge in [-0.05, 0) is 29.8 Å². The summed E-state index contributed by atoms with van der Waals surface area (Å²) >= 11 is 5.97. The van der Waals surface area contributed by atoms with Crippen LogP contribution in [0.25, 0.3) is 0 Å².